The van der Waals surface area contributed by atoms with Gasteiger partial charge in [-0.25, -0.2) is 0 Å². The van der Waals surface area contributed by atoms with E-state index in [-0.39, 0.29) is 5.91 Å². The van der Waals surface area contributed by atoms with E-state index in [2.05, 4.69) is 21.3 Å². The van der Waals surface area contributed by atoms with Gasteiger partial charge in [0, 0.05) is 31.5 Å². The van der Waals surface area contributed by atoms with Crippen LogP contribution in [0.4, 0.5) is 5.69 Å². The van der Waals surface area contributed by atoms with Crippen molar-refractivity contribution in [1.29, 1.82) is 5.26 Å². The first kappa shape index (κ1) is 15.8. The molecule has 1 atom stereocenters. The Morgan fingerprint density at radius 2 is 2.12 bits per heavy atom. The van der Waals surface area contributed by atoms with Gasteiger partial charge in [0.1, 0.15) is 5.92 Å². The largest absolute Gasteiger partial charge is 0.379 e. The minimum Gasteiger partial charge on any atom is -0.379 e. The maximum atomic E-state index is 12.4. The van der Waals surface area contributed by atoms with Crippen LogP contribution in [0.5, 0.6) is 0 Å². The van der Waals surface area contributed by atoms with Gasteiger partial charge in [0.15, 0.2) is 0 Å². The maximum Gasteiger partial charge on any atom is 0.238 e. The minimum absolute atomic E-state index is 0.0986. The maximum absolute atomic E-state index is 12.4. The summed E-state index contributed by atoms with van der Waals surface area (Å²) in [7, 11) is 0. The van der Waals surface area contributed by atoms with Crippen molar-refractivity contribution in [3.63, 3.8) is 0 Å². The van der Waals surface area contributed by atoms with Gasteiger partial charge < -0.3 is 10.1 Å². The van der Waals surface area contributed by atoms with Crippen molar-refractivity contribution in [3.8, 4) is 6.07 Å². The topological polar surface area (TPSA) is 78.2 Å². The van der Waals surface area contributed by atoms with E-state index in [0.717, 1.165) is 49.7 Å². The molecule has 25 heavy (non-hydrogen) atoms. The fourth-order valence-corrected chi connectivity index (χ4v) is 3.34. The lowest BCUT2D eigenvalue weighted by Crippen LogP contribution is -2.35. The number of nitrogens with zero attached hydrogens (tertiary/aromatic N) is 3. The molecular formula is C19H18N4O2. The van der Waals surface area contributed by atoms with Crippen molar-refractivity contribution < 1.29 is 9.53 Å². The molecule has 2 aliphatic rings. The number of fused-ring (bicyclic) bond motifs is 1. The lowest BCUT2D eigenvalue weighted by Gasteiger charge is -2.26. The van der Waals surface area contributed by atoms with Gasteiger partial charge in [-0.05, 0) is 35.4 Å². The standard InChI is InChI=1S/C19H18N4O2/c20-10-13-1-3-16-15(9-13)18(19(24)22-16)17-4-2-14(11-21-17)12-23-5-7-25-8-6-23/h1-4,9,11,18H,5-8,12H2,(H,22,24)/t18-/m1/s1. The van der Waals surface area contributed by atoms with E-state index in [4.69, 9.17) is 10.00 Å². The summed E-state index contributed by atoms with van der Waals surface area (Å²) in [5.41, 5.74) is 3.95. The molecule has 126 valence electrons. The Kier molecular flexibility index (Phi) is 4.18. The van der Waals surface area contributed by atoms with Crippen molar-refractivity contribution in [1.82, 2.24) is 9.88 Å². The van der Waals surface area contributed by atoms with Gasteiger partial charge in [-0.15, -0.1) is 0 Å². The summed E-state index contributed by atoms with van der Waals surface area (Å²) in [6, 6.07) is 11.3. The lowest BCUT2D eigenvalue weighted by atomic mass is 9.95. The molecule has 0 bridgehead atoms. The lowest BCUT2D eigenvalue weighted by molar-refractivity contribution is -0.116. The molecule has 6 heteroatoms. The first-order valence-corrected chi connectivity index (χ1v) is 8.34. The third kappa shape index (κ3) is 3.12. The van der Waals surface area contributed by atoms with E-state index in [0.29, 0.717) is 11.3 Å². The average Bonchev–Trinajstić information content (AvgIpc) is 2.98. The van der Waals surface area contributed by atoms with Crippen LogP contribution in [0.15, 0.2) is 36.5 Å². The molecule has 1 fully saturated rings. The second-order valence-electron chi connectivity index (χ2n) is 6.32. The minimum atomic E-state index is -0.458. The average molecular weight is 334 g/mol. The van der Waals surface area contributed by atoms with Gasteiger partial charge >= 0.3 is 0 Å². The second-order valence-corrected chi connectivity index (χ2v) is 6.32. The van der Waals surface area contributed by atoms with E-state index in [1.54, 1.807) is 18.2 Å². The molecule has 0 spiro atoms. The number of carbonyl (C=O) groups is 1. The normalized spacial score (nSPS) is 20.0. The van der Waals surface area contributed by atoms with Crippen LogP contribution in [-0.4, -0.2) is 42.1 Å². The Morgan fingerprint density at radius 3 is 2.84 bits per heavy atom. The van der Waals surface area contributed by atoms with Crippen LogP contribution in [0.2, 0.25) is 0 Å². The highest BCUT2D eigenvalue weighted by molar-refractivity contribution is 6.04. The smallest absolute Gasteiger partial charge is 0.238 e. The third-order valence-electron chi connectivity index (χ3n) is 4.66. The number of rotatable bonds is 3. The number of pyridine rings is 1. The van der Waals surface area contributed by atoms with Gasteiger partial charge in [-0.1, -0.05) is 6.07 Å². The fourth-order valence-electron chi connectivity index (χ4n) is 3.34. The first-order chi connectivity index (χ1) is 12.2. The van der Waals surface area contributed by atoms with Gasteiger partial charge in [-0.2, -0.15) is 5.26 Å². The zero-order valence-electron chi connectivity index (χ0n) is 13.7. The number of ether oxygens (including phenoxy) is 1. The molecule has 1 saturated heterocycles. The molecule has 0 saturated carbocycles. The molecule has 6 nitrogen and oxygen atoms in total. The number of amides is 1. The number of hydrogen-bond donors (Lipinski definition) is 1. The molecule has 1 amide bonds. The van der Waals surface area contributed by atoms with Crippen LogP contribution in [0.3, 0.4) is 0 Å². The van der Waals surface area contributed by atoms with Gasteiger partial charge in [0.25, 0.3) is 0 Å². The summed E-state index contributed by atoms with van der Waals surface area (Å²) in [6.07, 6.45) is 1.84. The highest BCUT2D eigenvalue weighted by Crippen LogP contribution is 2.36. The van der Waals surface area contributed by atoms with E-state index in [1.807, 2.05) is 18.3 Å². The van der Waals surface area contributed by atoms with E-state index in [1.165, 1.54) is 0 Å². The summed E-state index contributed by atoms with van der Waals surface area (Å²) >= 11 is 0. The van der Waals surface area contributed by atoms with Crippen molar-refractivity contribution in [2.75, 3.05) is 31.6 Å². The number of benzene rings is 1. The molecule has 2 aromatic rings. The number of anilines is 1. The van der Waals surface area contributed by atoms with Crippen molar-refractivity contribution >= 4 is 11.6 Å². The van der Waals surface area contributed by atoms with Crippen molar-refractivity contribution in [2.24, 2.45) is 0 Å². The monoisotopic (exact) mass is 334 g/mol. The molecule has 1 N–H and O–H groups in total. The van der Waals surface area contributed by atoms with Crippen molar-refractivity contribution in [2.45, 2.75) is 12.5 Å². The number of carbonyl (C=O) groups excluding carboxylic acids is 1. The molecular weight excluding hydrogens is 316 g/mol. The zero-order chi connectivity index (χ0) is 17.2. The van der Waals surface area contributed by atoms with Crippen molar-refractivity contribution in [3.05, 3.63) is 58.9 Å². The fraction of sp³-hybridized carbons (Fsp3) is 0.316. The number of hydrogen-bond acceptors (Lipinski definition) is 5. The molecule has 3 heterocycles. The van der Waals surface area contributed by atoms with E-state index < -0.39 is 5.92 Å². The number of nitrogens with one attached hydrogen (secondary N) is 1. The summed E-state index contributed by atoms with van der Waals surface area (Å²) < 4.78 is 5.36. The SMILES string of the molecule is N#Cc1ccc2c(c1)[C@H](c1ccc(CN3CCOCC3)cn1)C(=O)N2. The molecule has 4 rings (SSSR count). The Bertz CT molecular complexity index is 835. The molecule has 1 aromatic heterocycles. The van der Waals surface area contributed by atoms with Crippen LogP contribution >= 0.6 is 0 Å². The Balaban J connectivity index is 1.56. The summed E-state index contributed by atoms with van der Waals surface area (Å²) in [5, 5.41) is 12.0. The van der Waals surface area contributed by atoms with Crippen LogP contribution in [-0.2, 0) is 16.1 Å². The number of morpholine rings is 1. The molecule has 0 radical (unpaired) electrons. The Hall–Kier alpha value is -2.75. The summed E-state index contributed by atoms with van der Waals surface area (Å²) in [5.74, 6) is -0.556. The first-order valence-electron chi connectivity index (χ1n) is 8.34. The summed E-state index contributed by atoms with van der Waals surface area (Å²) in [6.45, 7) is 4.23. The van der Waals surface area contributed by atoms with Crippen LogP contribution < -0.4 is 5.32 Å². The third-order valence-corrected chi connectivity index (χ3v) is 4.66. The van der Waals surface area contributed by atoms with Crippen LogP contribution in [0.25, 0.3) is 0 Å². The van der Waals surface area contributed by atoms with Gasteiger partial charge in [-0.3, -0.25) is 14.7 Å². The quantitative estimate of drug-likeness (QED) is 0.927. The Labute approximate surface area is 146 Å². The van der Waals surface area contributed by atoms with Crippen LogP contribution in [0, 0.1) is 11.3 Å². The Morgan fingerprint density at radius 1 is 1.28 bits per heavy atom. The highest BCUT2D eigenvalue weighted by Gasteiger charge is 2.33. The number of aromatic nitrogens is 1. The predicted molar refractivity (Wildman–Crippen MR) is 92.0 cm³/mol. The molecule has 0 aliphatic carbocycles. The molecule has 1 aromatic carbocycles. The second kappa shape index (κ2) is 6.63. The van der Waals surface area contributed by atoms with Gasteiger partial charge in [0.2, 0.25) is 5.91 Å². The van der Waals surface area contributed by atoms with Gasteiger partial charge in [0.05, 0.1) is 30.5 Å². The van der Waals surface area contributed by atoms with E-state index >= 15 is 0 Å². The highest BCUT2D eigenvalue weighted by atomic mass is 16.5. The molecule has 0 unspecified atom stereocenters. The summed E-state index contributed by atoms with van der Waals surface area (Å²) in [4.78, 5) is 19.2. The molecule has 2 aliphatic heterocycles. The predicted octanol–water partition coefficient (Wildman–Crippen LogP) is 1.87. The van der Waals surface area contributed by atoms with Crippen LogP contribution in [0.1, 0.15) is 28.3 Å². The van der Waals surface area contributed by atoms with E-state index in [9.17, 15) is 4.79 Å². The number of nitriles is 1. The zero-order valence-corrected chi connectivity index (χ0v) is 13.7.